The Hall–Kier alpha value is -2.88. The number of nitrogens with zero attached hydrogens (tertiary/aromatic N) is 6. The minimum Gasteiger partial charge on any atom is -0.217 e. The zero-order valence-corrected chi connectivity index (χ0v) is 12.3. The molecule has 0 aromatic carbocycles. The first kappa shape index (κ1) is 14.1. The molecule has 1 fully saturated rings. The van der Waals surface area contributed by atoms with Crippen molar-refractivity contribution in [2.24, 2.45) is 11.8 Å². The van der Waals surface area contributed by atoms with Crippen molar-refractivity contribution in [3.8, 4) is 24.0 Å². The van der Waals surface area contributed by atoms with Gasteiger partial charge in [0.2, 0.25) is 0 Å². The van der Waals surface area contributed by atoms with Gasteiger partial charge in [-0.3, -0.25) is 0 Å². The van der Waals surface area contributed by atoms with Crippen molar-refractivity contribution in [3.63, 3.8) is 0 Å². The summed E-state index contributed by atoms with van der Waals surface area (Å²) < 4.78 is 1.41. The molecule has 0 amide bonds. The minimum atomic E-state index is -0.367. The van der Waals surface area contributed by atoms with Crippen LogP contribution in [0.25, 0.3) is 5.82 Å². The first-order valence-corrected chi connectivity index (χ1v) is 6.91. The Kier molecular flexibility index (Phi) is 3.29. The van der Waals surface area contributed by atoms with Gasteiger partial charge in [-0.25, -0.2) is 9.67 Å². The third-order valence-corrected chi connectivity index (χ3v) is 3.91. The molecule has 2 unspecified atom stereocenters. The number of nitriles is 3. The molecular formula is C15H9ClN6. The monoisotopic (exact) mass is 308 g/mol. The molecule has 0 aliphatic heterocycles. The third kappa shape index (κ3) is 2.09. The highest BCUT2D eigenvalue weighted by Crippen LogP contribution is 2.54. The molecule has 7 heteroatoms. The van der Waals surface area contributed by atoms with E-state index in [-0.39, 0.29) is 22.9 Å². The van der Waals surface area contributed by atoms with Gasteiger partial charge in [-0.05, 0) is 19.1 Å². The molecular weight excluding hydrogens is 300 g/mol. The number of hydrogen-bond donors (Lipinski definition) is 0. The Morgan fingerprint density at radius 1 is 1.18 bits per heavy atom. The lowest BCUT2D eigenvalue weighted by molar-refractivity contribution is 0.798. The fourth-order valence-corrected chi connectivity index (χ4v) is 2.77. The van der Waals surface area contributed by atoms with E-state index >= 15 is 0 Å². The highest BCUT2D eigenvalue weighted by molar-refractivity contribution is 6.29. The van der Waals surface area contributed by atoms with Crippen LogP contribution < -0.4 is 0 Å². The van der Waals surface area contributed by atoms with Crippen LogP contribution in [0.2, 0.25) is 5.15 Å². The molecule has 22 heavy (non-hydrogen) atoms. The van der Waals surface area contributed by atoms with Crippen LogP contribution in [0.15, 0.2) is 18.2 Å². The molecule has 2 aromatic rings. The Balaban J connectivity index is 2.17. The second kappa shape index (κ2) is 5.15. The van der Waals surface area contributed by atoms with E-state index in [1.807, 2.05) is 0 Å². The van der Waals surface area contributed by atoms with E-state index in [1.165, 1.54) is 4.68 Å². The van der Waals surface area contributed by atoms with Crippen LogP contribution in [-0.2, 0) is 0 Å². The summed E-state index contributed by atoms with van der Waals surface area (Å²) in [5.74, 6) is -0.561. The predicted octanol–water partition coefficient (Wildman–Crippen LogP) is 2.48. The largest absolute Gasteiger partial charge is 0.217 e. The molecule has 1 saturated carbocycles. The van der Waals surface area contributed by atoms with Crippen molar-refractivity contribution in [2.75, 3.05) is 0 Å². The van der Waals surface area contributed by atoms with E-state index in [9.17, 15) is 5.26 Å². The van der Waals surface area contributed by atoms with Gasteiger partial charge in [-0.15, -0.1) is 0 Å². The number of aromatic nitrogens is 3. The fourth-order valence-electron chi connectivity index (χ4n) is 2.63. The molecule has 6 nitrogen and oxygen atoms in total. The smallest absolute Gasteiger partial charge is 0.160 e. The van der Waals surface area contributed by atoms with Crippen LogP contribution in [0.5, 0.6) is 0 Å². The van der Waals surface area contributed by atoms with Gasteiger partial charge < -0.3 is 0 Å². The fraction of sp³-hybridized carbons (Fsp3) is 0.267. The Labute approximate surface area is 131 Å². The third-order valence-electron chi connectivity index (χ3n) is 3.70. The van der Waals surface area contributed by atoms with Gasteiger partial charge in [0.1, 0.15) is 16.9 Å². The van der Waals surface area contributed by atoms with Gasteiger partial charge in [0.15, 0.2) is 5.82 Å². The molecule has 0 radical (unpaired) electrons. The molecule has 1 aliphatic rings. The predicted molar refractivity (Wildman–Crippen MR) is 76.8 cm³/mol. The highest BCUT2D eigenvalue weighted by Gasteiger charge is 2.53. The van der Waals surface area contributed by atoms with E-state index in [4.69, 9.17) is 22.1 Å². The van der Waals surface area contributed by atoms with Gasteiger partial charge in [-0.1, -0.05) is 17.7 Å². The molecule has 2 heterocycles. The average Bonchev–Trinajstić information content (AvgIpc) is 3.11. The van der Waals surface area contributed by atoms with E-state index in [0.29, 0.717) is 22.8 Å². The van der Waals surface area contributed by atoms with Crippen LogP contribution in [0.1, 0.15) is 22.9 Å². The standard InChI is InChI=1S/C15H9ClN6/c1-8-4-9(5-17)22(21-8)15-10(2-3-13(16)20-15)14-11(6-18)12(14)7-19/h2-4,11-12,14H,1H3. The molecule has 0 bridgehead atoms. The number of aryl methyl sites for hydroxylation is 1. The second-order valence-electron chi connectivity index (χ2n) is 5.08. The Morgan fingerprint density at radius 2 is 1.86 bits per heavy atom. The molecule has 1 aliphatic carbocycles. The lowest BCUT2D eigenvalue weighted by Gasteiger charge is -2.09. The summed E-state index contributed by atoms with van der Waals surface area (Å²) in [7, 11) is 0. The van der Waals surface area contributed by atoms with Crippen molar-refractivity contribution in [3.05, 3.63) is 40.3 Å². The van der Waals surface area contributed by atoms with Gasteiger partial charge in [-0.2, -0.15) is 20.9 Å². The highest BCUT2D eigenvalue weighted by atomic mass is 35.5. The van der Waals surface area contributed by atoms with Gasteiger partial charge in [0.25, 0.3) is 0 Å². The van der Waals surface area contributed by atoms with E-state index in [1.54, 1.807) is 25.1 Å². The summed E-state index contributed by atoms with van der Waals surface area (Å²) in [6, 6.07) is 11.3. The van der Waals surface area contributed by atoms with E-state index in [2.05, 4.69) is 28.3 Å². The summed E-state index contributed by atoms with van der Waals surface area (Å²) in [4.78, 5) is 4.26. The zero-order chi connectivity index (χ0) is 15.9. The quantitative estimate of drug-likeness (QED) is 0.793. The molecule has 106 valence electrons. The van der Waals surface area contributed by atoms with Gasteiger partial charge in [0, 0.05) is 11.5 Å². The van der Waals surface area contributed by atoms with Crippen molar-refractivity contribution in [2.45, 2.75) is 12.8 Å². The Bertz CT molecular complexity index is 859. The molecule has 3 rings (SSSR count). The molecule has 0 spiro atoms. The maximum absolute atomic E-state index is 9.23. The topological polar surface area (TPSA) is 102 Å². The lowest BCUT2D eigenvalue weighted by atomic mass is 10.1. The summed E-state index contributed by atoms with van der Waals surface area (Å²) in [5, 5.41) is 32.0. The van der Waals surface area contributed by atoms with Crippen LogP contribution >= 0.6 is 11.6 Å². The summed E-state index contributed by atoms with van der Waals surface area (Å²) in [6.07, 6.45) is 0. The van der Waals surface area contributed by atoms with Crippen molar-refractivity contribution in [1.82, 2.24) is 14.8 Å². The molecule has 2 aromatic heterocycles. The summed E-state index contributed by atoms with van der Waals surface area (Å²) in [5.41, 5.74) is 1.71. The zero-order valence-electron chi connectivity index (χ0n) is 11.5. The number of pyridine rings is 1. The molecule has 2 atom stereocenters. The first-order chi connectivity index (χ1) is 10.6. The lowest BCUT2D eigenvalue weighted by Crippen LogP contribution is -2.07. The van der Waals surface area contributed by atoms with Gasteiger partial charge >= 0.3 is 0 Å². The average molecular weight is 309 g/mol. The normalized spacial score (nSPS) is 22.4. The number of rotatable bonds is 2. The van der Waals surface area contributed by atoms with E-state index < -0.39 is 0 Å². The molecule has 0 saturated heterocycles. The van der Waals surface area contributed by atoms with Crippen LogP contribution in [0.3, 0.4) is 0 Å². The number of hydrogen-bond acceptors (Lipinski definition) is 5. The minimum absolute atomic E-state index is 0.231. The SMILES string of the molecule is Cc1cc(C#N)n(-c2nc(Cl)ccc2C2C(C#N)C2C#N)n1. The van der Waals surface area contributed by atoms with Crippen molar-refractivity contribution < 1.29 is 0 Å². The van der Waals surface area contributed by atoms with Gasteiger partial charge in [0.05, 0.1) is 29.7 Å². The summed E-state index contributed by atoms with van der Waals surface area (Å²) in [6.45, 7) is 1.77. The molecule has 0 N–H and O–H groups in total. The summed E-state index contributed by atoms with van der Waals surface area (Å²) >= 11 is 5.97. The van der Waals surface area contributed by atoms with Crippen LogP contribution in [0.4, 0.5) is 0 Å². The first-order valence-electron chi connectivity index (χ1n) is 6.53. The second-order valence-corrected chi connectivity index (χ2v) is 5.46. The maximum atomic E-state index is 9.23. The van der Waals surface area contributed by atoms with Crippen molar-refractivity contribution >= 4 is 11.6 Å². The maximum Gasteiger partial charge on any atom is 0.160 e. The van der Waals surface area contributed by atoms with Crippen LogP contribution in [-0.4, -0.2) is 14.8 Å². The van der Waals surface area contributed by atoms with E-state index in [0.717, 1.165) is 0 Å². The van der Waals surface area contributed by atoms with Crippen LogP contribution in [0, 0.1) is 52.8 Å². The number of halogens is 1. The Morgan fingerprint density at radius 3 is 2.45 bits per heavy atom. The van der Waals surface area contributed by atoms with Crippen molar-refractivity contribution in [1.29, 1.82) is 15.8 Å².